The minimum Gasteiger partial charge on any atom is -0.0622 e. The summed E-state index contributed by atoms with van der Waals surface area (Å²) in [5, 5.41) is 0. The van der Waals surface area contributed by atoms with E-state index in [1.807, 2.05) is 0 Å². The average molecular weight is 138 g/mol. The topological polar surface area (TPSA) is 0 Å². The second-order valence-electron chi connectivity index (χ2n) is 4.66. The van der Waals surface area contributed by atoms with Crippen molar-refractivity contribution in [1.82, 2.24) is 0 Å². The van der Waals surface area contributed by atoms with Gasteiger partial charge in [-0.3, -0.25) is 0 Å². The molecule has 0 heterocycles. The fourth-order valence-corrected chi connectivity index (χ4v) is 3.05. The Balaban J connectivity index is 2.15. The lowest BCUT2D eigenvalue weighted by Crippen LogP contribution is -2.20. The van der Waals surface area contributed by atoms with Crippen LogP contribution in [0.3, 0.4) is 0 Å². The van der Waals surface area contributed by atoms with Crippen molar-refractivity contribution in [2.24, 2.45) is 17.3 Å². The van der Waals surface area contributed by atoms with Gasteiger partial charge < -0.3 is 0 Å². The van der Waals surface area contributed by atoms with E-state index in [1.165, 1.54) is 25.7 Å². The first kappa shape index (κ1) is 6.69. The summed E-state index contributed by atoms with van der Waals surface area (Å²) in [6.45, 7) is 4.82. The Morgan fingerprint density at radius 1 is 1.20 bits per heavy atom. The zero-order chi connectivity index (χ0) is 7.19. The van der Waals surface area contributed by atoms with Crippen molar-refractivity contribution in [1.29, 1.82) is 0 Å². The second kappa shape index (κ2) is 1.99. The van der Waals surface area contributed by atoms with Crippen LogP contribution in [0, 0.1) is 17.3 Å². The van der Waals surface area contributed by atoms with Crippen LogP contribution in [-0.4, -0.2) is 0 Å². The molecule has 10 heavy (non-hydrogen) atoms. The number of hydrogen-bond acceptors (Lipinski definition) is 0. The maximum Gasteiger partial charge on any atom is -0.0272 e. The van der Waals surface area contributed by atoms with E-state index in [0.29, 0.717) is 0 Å². The standard InChI is InChI=1S/C10H18/c1-8(2)10-5-3-9(7-10)4-6-10/h8-9H,3-7H2,1-2H3. The van der Waals surface area contributed by atoms with E-state index < -0.39 is 0 Å². The third-order valence-electron chi connectivity index (χ3n) is 4.02. The summed E-state index contributed by atoms with van der Waals surface area (Å²) in [6.07, 6.45) is 7.71. The van der Waals surface area contributed by atoms with Crippen LogP contribution in [-0.2, 0) is 0 Å². The summed E-state index contributed by atoms with van der Waals surface area (Å²) in [6, 6.07) is 0. The maximum atomic E-state index is 2.41. The van der Waals surface area contributed by atoms with Crippen LogP contribution >= 0.6 is 0 Å². The molecule has 0 aliphatic heterocycles. The first-order chi connectivity index (χ1) is 4.73. The van der Waals surface area contributed by atoms with Crippen molar-refractivity contribution >= 4 is 0 Å². The Morgan fingerprint density at radius 3 is 2.00 bits per heavy atom. The summed E-state index contributed by atoms with van der Waals surface area (Å²) in [5.41, 5.74) is 0.810. The molecule has 0 nitrogen and oxygen atoms in total. The zero-order valence-corrected chi connectivity index (χ0v) is 7.19. The summed E-state index contributed by atoms with van der Waals surface area (Å²) < 4.78 is 0. The molecule has 0 saturated heterocycles. The van der Waals surface area contributed by atoms with Gasteiger partial charge in [0, 0.05) is 0 Å². The maximum absolute atomic E-state index is 2.41. The largest absolute Gasteiger partial charge is 0.0622 e. The minimum absolute atomic E-state index is 0.810. The van der Waals surface area contributed by atoms with Crippen LogP contribution < -0.4 is 0 Å². The van der Waals surface area contributed by atoms with E-state index in [9.17, 15) is 0 Å². The molecule has 0 unspecified atom stereocenters. The molecule has 0 heteroatoms. The van der Waals surface area contributed by atoms with E-state index in [2.05, 4.69) is 13.8 Å². The molecule has 2 bridgehead atoms. The molecule has 2 aliphatic rings. The fourth-order valence-electron chi connectivity index (χ4n) is 3.05. The molecule has 0 spiro atoms. The predicted molar refractivity (Wildman–Crippen MR) is 43.8 cm³/mol. The van der Waals surface area contributed by atoms with Gasteiger partial charge in [0.1, 0.15) is 0 Å². The van der Waals surface area contributed by atoms with Crippen molar-refractivity contribution in [3.05, 3.63) is 0 Å². The highest BCUT2D eigenvalue weighted by atomic mass is 14.5. The molecule has 0 radical (unpaired) electrons. The Morgan fingerprint density at radius 2 is 1.80 bits per heavy atom. The van der Waals surface area contributed by atoms with E-state index in [4.69, 9.17) is 0 Å². The van der Waals surface area contributed by atoms with Gasteiger partial charge in [0.25, 0.3) is 0 Å². The summed E-state index contributed by atoms with van der Waals surface area (Å²) in [4.78, 5) is 0. The van der Waals surface area contributed by atoms with Crippen LogP contribution in [0.15, 0.2) is 0 Å². The Bertz CT molecular complexity index is 127. The average Bonchev–Trinajstić information content (AvgIpc) is 2.45. The van der Waals surface area contributed by atoms with Gasteiger partial charge in [-0.05, 0) is 49.4 Å². The number of rotatable bonds is 1. The monoisotopic (exact) mass is 138 g/mol. The van der Waals surface area contributed by atoms with Crippen molar-refractivity contribution in [2.45, 2.75) is 46.0 Å². The molecule has 0 aromatic rings. The summed E-state index contributed by atoms with van der Waals surface area (Å²) in [5.74, 6) is 2.07. The van der Waals surface area contributed by atoms with E-state index in [0.717, 1.165) is 17.3 Å². The van der Waals surface area contributed by atoms with Crippen LogP contribution in [0.5, 0.6) is 0 Å². The van der Waals surface area contributed by atoms with E-state index in [-0.39, 0.29) is 0 Å². The Kier molecular flexibility index (Phi) is 1.33. The van der Waals surface area contributed by atoms with Gasteiger partial charge in [0.15, 0.2) is 0 Å². The summed E-state index contributed by atoms with van der Waals surface area (Å²) >= 11 is 0. The van der Waals surface area contributed by atoms with Crippen molar-refractivity contribution in [3.8, 4) is 0 Å². The molecule has 0 aromatic carbocycles. The molecule has 0 amide bonds. The highest BCUT2D eigenvalue weighted by Crippen LogP contribution is 2.57. The normalized spacial score (nSPS) is 45.3. The Hall–Kier alpha value is 0. The zero-order valence-electron chi connectivity index (χ0n) is 7.19. The van der Waals surface area contributed by atoms with Crippen LogP contribution in [0.1, 0.15) is 46.0 Å². The van der Waals surface area contributed by atoms with E-state index >= 15 is 0 Å². The smallest absolute Gasteiger partial charge is 0.0272 e. The fraction of sp³-hybridized carbons (Fsp3) is 1.00. The Labute approximate surface area is 64.0 Å². The highest BCUT2D eigenvalue weighted by Gasteiger charge is 2.46. The lowest BCUT2D eigenvalue weighted by atomic mass is 9.75. The molecule has 0 aromatic heterocycles. The van der Waals surface area contributed by atoms with Gasteiger partial charge in [-0.1, -0.05) is 13.8 Å². The van der Waals surface area contributed by atoms with Gasteiger partial charge in [-0.2, -0.15) is 0 Å². The molecule has 0 N–H and O–H groups in total. The first-order valence-electron chi connectivity index (χ1n) is 4.73. The minimum atomic E-state index is 0.810. The van der Waals surface area contributed by atoms with Crippen LogP contribution in [0.2, 0.25) is 0 Å². The molecular weight excluding hydrogens is 120 g/mol. The third-order valence-corrected chi connectivity index (χ3v) is 4.02. The van der Waals surface area contributed by atoms with Crippen molar-refractivity contribution < 1.29 is 0 Å². The SMILES string of the molecule is CC(C)C12CCC(CC1)C2. The van der Waals surface area contributed by atoms with Crippen molar-refractivity contribution in [2.75, 3.05) is 0 Å². The highest BCUT2D eigenvalue weighted by molar-refractivity contribution is 4.97. The quantitative estimate of drug-likeness (QED) is 0.522. The van der Waals surface area contributed by atoms with Gasteiger partial charge in [-0.25, -0.2) is 0 Å². The first-order valence-corrected chi connectivity index (χ1v) is 4.73. The van der Waals surface area contributed by atoms with Crippen molar-refractivity contribution in [3.63, 3.8) is 0 Å². The number of hydrogen-bond donors (Lipinski definition) is 0. The molecule has 2 saturated carbocycles. The lowest BCUT2D eigenvalue weighted by molar-refractivity contribution is 0.199. The molecule has 58 valence electrons. The predicted octanol–water partition coefficient (Wildman–Crippen LogP) is 3.22. The second-order valence-corrected chi connectivity index (χ2v) is 4.66. The van der Waals surface area contributed by atoms with Gasteiger partial charge in [0.2, 0.25) is 0 Å². The molecule has 0 atom stereocenters. The van der Waals surface area contributed by atoms with E-state index in [1.54, 1.807) is 6.42 Å². The van der Waals surface area contributed by atoms with Crippen LogP contribution in [0.25, 0.3) is 0 Å². The lowest BCUT2D eigenvalue weighted by Gasteiger charge is -2.30. The third kappa shape index (κ3) is 0.741. The van der Waals surface area contributed by atoms with Crippen LogP contribution in [0.4, 0.5) is 0 Å². The molecule has 2 aliphatic carbocycles. The molecule has 2 fully saturated rings. The molecule has 2 rings (SSSR count). The molecular formula is C10H18. The number of fused-ring (bicyclic) bond motifs is 2. The van der Waals surface area contributed by atoms with Gasteiger partial charge in [-0.15, -0.1) is 0 Å². The van der Waals surface area contributed by atoms with Gasteiger partial charge in [0.05, 0.1) is 0 Å². The van der Waals surface area contributed by atoms with Gasteiger partial charge >= 0.3 is 0 Å². The summed E-state index contributed by atoms with van der Waals surface area (Å²) in [7, 11) is 0.